The first-order chi connectivity index (χ1) is 9.72. The standard InChI is InChI=1S/C15H24N2O3S/c1-11(2)7-8-16-15(18)10-17-21(19,20)14-6-5-12(3)9-13(14)4/h5-6,9,11,17H,7-8,10H2,1-4H3,(H,16,18). The summed E-state index contributed by atoms with van der Waals surface area (Å²) in [7, 11) is -3.65. The van der Waals surface area contributed by atoms with Gasteiger partial charge in [0.1, 0.15) is 0 Å². The zero-order valence-corrected chi connectivity index (χ0v) is 13.9. The first-order valence-corrected chi connectivity index (χ1v) is 8.54. The molecule has 0 radical (unpaired) electrons. The van der Waals surface area contributed by atoms with Gasteiger partial charge in [0.05, 0.1) is 11.4 Å². The molecular formula is C15H24N2O3S. The second-order valence-corrected chi connectivity index (χ2v) is 7.36. The van der Waals surface area contributed by atoms with Crippen LogP contribution in [0.4, 0.5) is 0 Å². The molecule has 0 unspecified atom stereocenters. The lowest BCUT2D eigenvalue weighted by molar-refractivity contribution is -0.119. The molecule has 0 aliphatic carbocycles. The predicted octanol–water partition coefficient (Wildman–Crippen LogP) is 1.74. The Morgan fingerprint density at radius 1 is 1.24 bits per heavy atom. The zero-order chi connectivity index (χ0) is 16.0. The highest BCUT2D eigenvalue weighted by Crippen LogP contribution is 2.15. The van der Waals surface area contributed by atoms with E-state index in [4.69, 9.17) is 0 Å². The molecule has 5 nitrogen and oxygen atoms in total. The number of aryl methyl sites for hydroxylation is 2. The van der Waals surface area contributed by atoms with Crippen molar-refractivity contribution >= 4 is 15.9 Å². The fourth-order valence-electron chi connectivity index (χ4n) is 1.90. The molecule has 1 rings (SSSR count). The van der Waals surface area contributed by atoms with Crippen LogP contribution in [0.5, 0.6) is 0 Å². The summed E-state index contributed by atoms with van der Waals surface area (Å²) in [6.45, 7) is 8.09. The van der Waals surface area contributed by atoms with Gasteiger partial charge >= 0.3 is 0 Å². The fourth-order valence-corrected chi connectivity index (χ4v) is 3.11. The summed E-state index contributed by atoms with van der Waals surface area (Å²) in [5, 5.41) is 2.70. The van der Waals surface area contributed by atoms with Crippen LogP contribution in [-0.2, 0) is 14.8 Å². The smallest absolute Gasteiger partial charge is 0.241 e. The van der Waals surface area contributed by atoms with Crippen LogP contribution in [-0.4, -0.2) is 27.4 Å². The Balaban J connectivity index is 2.59. The summed E-state index contributed by atoms with van der Waals surface area (Å²) in [6.07, 6.45) is 0.871. The normalized spacial score (nSPS) is 11.7. The summed E-state index contributed by atoms with van der Waals surface area (Å²) >= 11 is 0. The molecule has 0 saturated heterocycles. The van der Waals surface area contributed by atoms with Crippen molar-refractivity contribution in [2.45, 2.75) is 39.0 Å². The maximum Gasteiger partial charge on any atom is 0.241 e. The van der Waals surface area contributed by atoms with Crippen LogP contribution >= 0.6 is 0 Å². The highest BCUT2D eigenvalue weighted by molar-refractivity contribution is 7.89. The molecule has 1 aromatic rings. The minimum Gasteiger partial charge on any atom is -0.355 e. The molecule has 1 amide bonds. The van der Waals surface area contributed by atoms with Gasteiger partial charge in [-0.25, -0.2) is 13.1 Å². The van der Waals surface area contributed by atoms with E-state index in [1.807, 2.05) is 6.92 Å². The minimum atomic E-state index is -3.65. The Labute approximate surface area is 127 Å². The molecule has 2 N–H and O–H groups in total. The lowest BCUT2D eigenvalue weighted by atomic mass is 10.1. The third-order valence-corrected chi connectivity index (χ3v) is 4.65. The van der Waals surface area contributed by atoms with E-state index in [1.54, 1.807) is 25.1 Å². The summed E-state index contributed by atoms with van der Waals surface area (Å²) in [6, 6.07) is 5.10. The second kappa shape index (κ2) is 7.56. The minimum absolute atomic E-state index is 0.211. The number of nitrogens with one attached hydrogen (secondary N) is 2. The van der Waals surface area contributed by atoms with Gasteiger partial charge in [-0.05, 0) is 37.8 Å². The molecule has 1 aromatic carbocycles. The van der Waals surface area contributed by atoms with Crippen molar-refractivity contribution in [2.75, 3.05) is 13.1 Å². The van der Waals surface area contributed by atoms with E-state index in [2.05, 4.69) is 23.9 Å². The molecular weight excluding hydrogens is 288 g/mol. The van der Waals surface area contributed by atoms with Crippen molar-refractivity contribution in [3.63, 3.8) is 0 Å². The Morgan fingerprint density at radius 2 is 1.90 bits per heavy atom. The molecule has 0 aromatic heterocycles. The van der Waals surface area contributed by atoms with Gasteiger partial charge in [-0.1, -0.05) is 31.5 Å². The van der Waals surface area contributed by atoms with Crippen LogP contribution in [0.2, 0.25) is 0 Å². The monoisotopic (exact) mass is 312 g/mol. The Kier molecular flexibility index (Phi) is 6.36. The van der Waals surface area contributed by atoms with Gasteiger partial charge in [0.25, 0.3) is 0 Å². The topological polar surface area (TPSA) is 75.3 Å². The predicted molar refractivity (Wildman–Crippen MR) is 83.6 cm³/mol. The second-order valence-electron chi connectivity index (χ2n) is 5.63. The first-order valence-electron chi connectivity index (χ1n) is 7.06. The van der Waals surface area contributed by atoms with Gasteiger partial charge in [0.15, 0.2) is 0 Å². The number of carbonyl (C=O) groups is 1. The first kappa shape index (κ1) is 17.7. The van der Waals surface area contributed by atoms with Crippen LogP contribution in [0.25, 0.3) is 0 Å². The van der Waals surface area contributed by atoms with Crippen molar-refractivity contribution in [3.05, 3.63) is 29.3 Å². The summed E-state index contributed by atoms with van der Waals surface area (Å²) in [4.78, 5) is 11.8. The van der Waals surface area contributed by atoms with Crippen LogP contribution < -0.4 is 10.0 Å². The lowest BCUT2D eigenvalue weighted by Gasteiger charge is -2.11. The van der Waals surface area contributed by atoms with Crippen LogP contribution in [0, 0.1) is 19.8 Å². The quantitative estimate of drug-likeness (QED) is 0.805. The van der Waals surface area contributed by atoms with E-state index in [1.165, 1.54) is 0 Å². The Hall–Kier alpha value is -1.40. The molecule has 0 spiro atoms. The lowest BCUT2D eigenvalue weighted by Crippen LogP contribution is -2.37. The highest BCUT2D eigenvalue weighted by Gasteiger charge is 2.17. The van der Waals surface area contributed by atoms with Gasteiger partial charge in [-0.3, -0.25) is 4.79 Å². The average molecular weight is 312 g/mol. The molecule has 6 heteroatoms. The molecule has 0 saturated carbocycles. The number of hydrogen-bond donors (Lipinski definition) is 2. The molecule has 0 bridgehead atoms. The Bertz CT molecular complexity index is 595. The van der Waals surface area contributed by atoms with E-state index < -0.39 is 10.0 Å². The highest BCUT2D eigenvalue weighted by atomic mass is 32.2. The van der Waals surface area contributed by atoms with Crippen molar-refractivity contribution in [1.29, 1.82) is 0 Å². The van der Waals surface area contributed by atoms with Crippen LogP contribution in [0.1, 0.15) is 31.4 Å². The van der Waals surface area contributed by atoms with E-state index in [9.17, 15) is 13.2 Å². The molecule has 0 atom stereocenters. The molecule has 0 aliphatic heterocycles. The fraction of sp³-hybridized carbons (Fsp3) is 0.533. The van der Waals surface area contributed by atoms with Crippen LogP contribution in [0.15, 0.2) is 23.1 Å². The van der Waals surface area contributed by atoms with Gasteiger partial charge in [0.2, 0.25) is 15.9 Å². The Morgan fingerprint density at radius 3 is 2.48 bits per heavy atom. The molecule has 0 aliphatic rings. The van der Waals surface area contributed by atoms with E-state index >= 15 is 0 Å². The summed E-state index contributed by atoms with van der Waals surface area (Å²) in [5.41, 5.74) is 1.67. The average Bonchev–Trinajstić information content (AvgIpc) is 2.35. The third kappa shape index (κ3) is 5.85. The van der Waals surface area contributed by atoms with Crippen molar-refractivity contribution in [2.24, 2.45) is 5.92 Å². The van der Waals surface area contributed by atoms with Crippen LogP contribution in [0.3, 0.4) is 0 Å². The largest absolute Gasteiger partial charge is 0.355 e. The van der Waals surface area contributed by atoms with E-state index in [0.717, 1.165) is 12.0 Å². The van der Waals surface area contributed by atoms with E-state index in [0.29, 0.717) is 18.0 Å². The SMILES string of the molecule is Cc1ccc(S(=O)(=O)NCC(=O)NCCC(C)C)c(C)c1. The van der Waals surface area contributed by atoms with Crippen molar-refractivity contribution in [3.8, 4) is 0 Å². The number of hydrogen-bond acceptors (Lipinski definition) is 3. The molecule has 0 heterocycles. The van der Waals surface area contributed by atoms with Gasteiger partial charge in [-0.2, -0.15) is 0 Å². The number of benzene rings is 1. The number of sulfonamides is 1. The molecule has 21 heavy (non-hydrogen) atoms. The van der Waals surface area contributed by atoms with Gasteiger partial charge in [-0.15, -0.1) is 0 Å². The number of carbonyl (C=O) groups excluding carboxylic acids is 1. The summed E-state index contributed by atoms with van der Waals surface area (Å²) < 4.78 is 26.7. The van der Waals surface area contributed by atoms with E-state index in [-0.39, 0.29) is 17.3 Å². The molecule has 0 fully saturated rings. The molecule has 118 valence electrons. The van der Waals surface area contributed by atoms with Crippen molar-refractivity contribution < 1.29 is 13.2 Å². The number of rotatable bonds is 7. The van der Waals surface area contributed by atoms with Crippen molar-refractivity contribution in [1.82, 2.24) is 10.0 Å². The van der Waals surface area contributed by atoms with Gasteiger partial charge < -0.3 is 5.32 Å². The maximum absolute atomic E-state index is 12.2. The third-order valence-electron chi connectivity index (χ3n) is 3.09. The number of amides is 1. The summed E-state index contributed by atoms with van der Waals surface area (Å²) in [5.74, 6) is 0.182. The maximum atomic E-state index is 12.2. The zero-order valence-electron chi connectivity index (χ0n) is 13.1. The van der Waals surface area contributed by atoms with Gasteiger partial charge in [0, 0.05) is 6.54 Å².